The molecule has 0 spiro atoms. The predicted molar refractivity (Wildman–Crippen MR) is 60.9 cm³/mol. The van der Waals surface area contributed by atoms with Crippen LogP contribution in [-0.4, -0.2) is 14.8 Å². The monoisotopic (exact) mass is 251 g/mol. The first kappa shape index (κ1) is 11.1. The van der Waals surface area contributed by atoms with Gasteiger partial charge in [-0.05, 0) is 6.07 Å². The van der Waals surface area contributed by atoms with Gasteiger partial charge in [0.2, 0.25) is 0 Å². The number of nitrogens with zero attached hydrogens (tertiary/aromatic N) is 3. The summed E-state index contributed by atoms with van der Waals surface area (Å²) in [6.45, 7) is 0. The van der Waals surface area contributed by atoms with E-state index < -0.39 is 9.85 Å². The molecule has 0 saturated carbocycles. The Labute approximate surface area is 98.7 Å². The quantitative estimate of drug-likeness (QED) is 0.616. The van der Waals surface area contributed by atoms with E-state index in [1.54, 1.807) is 5.38 Å². The first-order valence-corrected chi connectivity index (χ1v) is 5.30. The number of nitro groups is 2. The van der Waals surface area contributed by atoms with Crippen LogP contribution in [0.25, 0.3) is 10.6 Å². The molecule has 1 aromatic carbocycles. The molecule has 0 amide bonds. The van der Waals surface area contributed by atoms with E-state index in [4.69, 9.17) is 0 Å². The van der Waals surface area contributed by atoms with Crippen LogP contribution in [0, 0.1) is 20.2 Å². The predicted octanol–water partition coefficient (Wildman–Crippen LogP) is 2.63. The van der Waals surface area contributed by atoms with Gasteiger partial charge < -0.3 is 0 Å². The number of nitro benzene ring substituents is 2. The van der Waals surface area contributed by atoms with Crippen LogP contribution < -0.4 is 0 Å². The van der Waals surface area contributed by atoms with Crippen molar-refractivity contribution < 1.29 is 9.85 Å². The Balaban J connectivity index is 2.61. The molecule has 0 fully saturated rings. The summed E-state index contributed by atoms with van der Waals surface area (Å²) < 4.78 is 0. The maximum absolute atomic E-state index is 10.9. The van der Waals surface area contributed by atoms with Gasteiger partial charge in [-0.15, -0.1) is 11.3 Å². The molecular weight excluding hydrogens is 246 g/mol. The SMILES string of the molecule is O=[N+]([O-])c1ccc(-c2nccs2)c([N+](=O)[O-])c1. The third kappa shape index (κ3) is 2.11. The zero-order valence-electron chi connectivity index (χ0n) is 8.27. The molecule has 1 heterocycles. The molecule has 0 N–H and O–H groups in total. The smallest absolute Gasteiger partial charge is 0.258 e. The molecule has 1 aromatic heterocycles. The van der Waals surface area contributed by atoms with Crippen molar-refractivity contribution in [2.24, 2.45) is 0 Å². The molecule has 0 bridgehead atoms. The Morgan fingerprint density at radius 2 is 1.94 bits per heavy atom. The minimum Gasteiger partial charge on any atom is -0.258 e. The van der Waals surface area contributed by atoms with Gasteiger partial charge in [0, 0.05) is 17.6 Å². The van der Waals surface area contributed by atoms with E-state index in [-0.39, 0.29) is 16.9 Å². The van der Waals surface area contributed by atoms with Gasteiger partial charge in [-0.1, -0.05) is 0 Å². The third-order valence-corrected chi connectivity index (χ3v) is 2.86. The van der Waals surface area contributed by atoms with Crippen LogP contribution in [-0.2, 0) is 0 Å². The molecule has 0 saturated heterocycles. The lowest BCUT2D eigenvalue weighted by Gasteiger charge is -1.99. The van der Waals surface area contributed by atoms with Crippen LogP contribution in [0.2, 0.25) is 0 Å². The molecule has 0 aliphatic carbocycles. The Hall–Kier alpha value is -2.35. The summed E-state index contributed by atoms with van der Waals surface area (Å²) in [5, 5.41) is 23.5. The fourth-order valence-corrected chi connectivity index (χ4v) is 1.99. The maximum Gasteiger partial charge on any atom is 0.286 e. The summed E-state index contributed by atoms with van der Waals surface area (Å²) in [5.74, 6) is 0. The first-order chi connectivity index (χ1) is 8.09. The number of non-ortho nitro benzene ring substituents is 1. The molecule has 0 unspecified atom stereocenters. The average molecular weight is 251 g/mol. The highest BCUT2D eigenvalue weighted by molar-refractivity contribution is 7.13. The largest absolute Gasteiger partial charge is 0.286 e. The van der Waals surface area contributed by atoms with Gasteiger partial charge in [0.25, 0.3) is 11.4 Å². The van der Waals surface area contributed by atoms with Gasteiger partial charge in [0.1, 0.15) is 5.01 Å². The van der Waals surface area contributed by atoms with Crippen LogP contribution in [0.5, 0.6) is 0 Å². The first-order valence-electron chi connectivity index (χ1n) is 4.42. The zero-order chi connectivity index (χ0) is 12.4. The van der Waals surface area contributed by atoms with Crippen molar-refractivity contribution >= 4 is 22.7 Å². The van der Waals surface area contributed by atoms with Crippen LogP contribution in [0.3, 0.4) is 0 Å². The minimum atomic E-state index is -0.668. The molecule has 8 heteroatoms. The van der Waals surface area contributed by atoms with Crippen molar-refractivity contribution in [2.45, 2.75) is 0 Å². The standard InChI is InChI=1S/C9H5N3O4S/c13-11(14)6-1-2-7(8(5-6)12(15)16)9-10-3-4-17-9/h1-5H. The van der Waals surface area contributed by atoms with Gasteiger partial charge in [0.05, 0.1) is 21.5 Å². The number of aromatic nitrogens is 1. The van der Waals surface area contributed by atoms with Crippen molar-refractivity contribution in [3.8, 4) is 10.6 Å². The molecule has 2 aromatic rings. The second kappa shape index (κ2) is 4.26. The van der Waals surface area contributed by atoms with Crippen LogP contribution in [0.4, 0.5) is 11.4 Å². The van der Waals surface area contributed by atoms with Crippen LogP contribution in [0.15, 0.2) is 29.8 Å². The Morgan fingerprint density at radius 1 is 1.18 bits per heavy atom. The molecule has 2 rings (SSSR count). The Bertz CT molecular complexity index is 582. The summed E-state index contributed by atoms with van der Waals surface area (Å²) in [4.78, 5) is 24.0. The minimum absolute atomic E-state index is 0.288. The number of thiazole rings is 1. The number of benzene rings is 1. The summed E-state index contributed by atoms with van der Waals surface area (Å²) in [6.07, 6.45) is 1.52. The fourth-order valence-electron chi connectivity index (χ4n) is 1.32. The molecule has 0 aliphatic rings. The van der Waals surface area contributed by atoms with E-state index in [1.807, 2.05) is 0 Å². The van der Waals surface area contributed by atoms with E-state index in [0.29, 0.717) is 5.01 Å². The second-order valence-electron chi connectivity index (χ2n) is 3.05. The Morgan fingerprint density at radius 3 is 2.47 bits per heavy atom. The average Bonchev–Trinajstić information content (AvgIpc) is 2.81. The van der Waals surface area contributed by atoms with Gasteiger partial charge in [0.15, 0.2) is 0 Å². The topological polar surface area (TPSA) is 99.2 Å². The third-order valence-electron chi connectivity index (χ3n) is 2.05. The molecule has 0 atom stereocenters. The van der Waals surface area contributed by atoms with Crippen molar-refractivity contribution in [2.75, 3.05) is 0 Å². The lowest BCUT2D eigenvalue weighted by atomic mass is 10.1. The summed E-state index contributed by atoms with van der Waals surface area (Å²) in [5.41, 5.74) is -0.332. The highest BCUT2D eigenvalue weighted by Gasteiger charge is 2.21. The second-order valence-corrected chi connectivity index (χ2v) is 3.95. The van der Waals surface area contributed by atoms with Gasteiger partial charge in [-0.25, -0.2) is 4.98 Å². The molecule has 86 valence electrons. The van der Waals surface area contributed by atoms with Gasteiger partial charge in [-0.3, -0.25) is 20.2 Å². The van der Waals surface area contributed by atoms with Crippen molar-refractivity contribution in [1.29, 1.82) is 0 Å². The number of hydrogen-bond acceptors (Lipinski definition) is 6. The lowest BCUT2D eigenvalue weighted by Crippen LogP contribution is -1.95. The maximum atomic E-state index is 10.9. The molecule has 0 aliphatic heterocycles. The highest BCUT2D eigenvalue weighted by Crippen LogP contribution is 2.33. The molecule has 7 nitrogen and oxygen atoms in total. The summed E-state index contributed by atoms with van der Waals surface area (Å²) >= 11 is 1.24. The number of rotatable bonds is 3. The van der Waals surface area contributed by atoms with Crippen LogP contribution >= 0.6 is 11.3 Å². The molecule has 17 heavy (non-hydrogen) atoms. The van der Waals surface area contributed by atoms with E-state index in [0.717, 1.165) is 6.07 Å². The highest BCUT2D eigenvalue weighted by atomic mass is 32.1. The molecule has 0 radical (unpaired) electrons. The van der Waals surface area contributed by atoms with E-state index in [9.17, 15) is 20.2 Å². The Kier molecular flexibility index (Phi) is 2.79. The van der Waals surface area contributed by atoms with E-state index >= 15 is 0 Å². The fraction of sp³-hybridized carbons (Fsp3) is 0. The zero-order valence-corrected chi connectivity index (χ0v) is 9.09. The van der Waals surface area contributed by atoms with Crippen molar-refractivity contribution in [3.63, 3.8) is 0 Å². The molecular formula is C9H5N3O4S. The van der Waals surface area contributed by atoms with E-state index in [2.05, 4.69) is 4.98 Å². The lowest BCUT2D eigenvalue weighted by molar-refractivity contribution is -0.393. The van der Waals surface area contributed by atoms with Crippen molar-refractivity contribution in [3.05, 3.63) is 50.0 Å². The van der Waals surface area contributed by atoms with Crippen LogP contribution in [0.1, 0.15) is 0 Å². The summed E-state index contributed by atoms with van der Waals surface area (Å²) in [7, 11) is 0. The van der Waals surface area contributed by atoms with Gasteiger partial charge in [-0.2, -0.15) is 0 Å². The normalized spacial score (nSPS) is 10.1. The summed E-state index contributed by atoms with van der Waals surface area (Å²) in [6, 6.07) is 3.51. The number of hydrogen-bond donors (Lipinski definition) is 0. The van der Waals surface area contributed by atoms with E-state index in [1.165, 1.54) is 29.7 Å². The van der Waals surface area contributed by atoms with Gasteiger partial charge >= 0.3 is 0 Å². The van der Waals surface area contributed by atoms with Crippen molar-refractivity contribution in [1.82, 2.24) is 4.98 Å².